The molecule has 1 heterocycles. The van der Waals surface area contributed by atoms with Crippen LogP contribution in [0, 0.1) is 6.57 Å². The third-order valence-corrected chi connectivity index (χ3v) is 3.25. The van der Waals surface area contributed by atoms with Gasteiger partial charge in [-0.05, 0) is 44.6 Å². The van der Waals surface area contributed by atoms with E-state index in [1.807, 2.05) is 25.1 Å². The van der Waals surface area contributed by atoms with Gasteiger partial charge in [0.05, 0.1) is 13.2 Å². The van der Waals surface area contributed by atoms with Gasteiger partial charge in [0.1, 0.15) is 5.75 Å². The minimum absolute atomic E-state index is 0.503. The summed E-state index contributed by atoms with van der Waals surface area (Å²) in [5.74, 6) is 1.45. The number of nitrogens with zero attached hydrogens (tertiary/aromatic N) is 2. The molecule has 1 aromatic rings. The maximum Gasteiger partial charge on any atom is 0.187 e. The SMILES string of the molecule is [C-]#[N+]c1ccc(OCC)c([C@@H]2CCN(C)C2)c1. The van der Waals surface area contributed by atoms with E-state index in [9.17, 15) is 0 Å². The Morgan fingerprint density at radius 1 is 1.53 bits per heavy atom. The molecule has 3 nitrogen and oxygen atoms in total. The van der Waals surface area contributed by atoms with Crippen LogP contribution in [0.1, 0.15) is 24.8 Å². The first-order valence-electron chi connectivity index (χ1n) is 6.07. The molecule has 0 aliphatic carbocycles. The molecule has 0 amide bonds. The van der Waals surface area contributed by atoms with Crippen LogP contribution in [-0.4, -0.2) is 31.6 Å². The molecule has 2 rings (SSSR count). The normalized spacial score (nSPS) is 20.2. The van der Waals surface area contributed by atoms with E-state index in [2.05, 4.69) is 16.8 Å². The lowest BCUT2D eigenvalue weighted by Crippen LogP contribution is -2.13. The molecule has 3 heteroatoms. The van der Waals surface area contributed by atoms with E-state index in [0.29, 0.717) is 18.2 Å². The first kappa shape index (κ1) is 11.9. The summed E-state index contributed by atoms with van der Waals surface area (Å²) in [5.41, 5.74) is 1.91. The lowest BCUT2D eigenvalue weighted by Gasteiger charge is -2.16. The minimum Gasteiger partial charge on any atom is -0.494 e. The molecule has 0 radical (unpaired) electrons. The maximum absolute atomic E-state index is 7.10. The lowest BCUT2D eigenvalue weighted by molar-refractivity contribution is 0.333. The van der Waals surface area contributed by atoms with Crippen LogP contribution in [0.3, 0.4) is 0 Å². The fraction of sp³-hybridized carbons (Fsp3) is 0.500. The van der Waals surface area contributed by atoms with Gasteiger partial charge in [-0.3, -0.25) is 0 Å². The second-order valence-electron chi connectivity index (χ2n) is 4.51. The molecular formula is C14H18N2O. The molecule has 0 spiro atoms. The van der Waals surface area contributed by atoms with Crippen molar-refractivity contribution >= 4 is 5.69 Å². The van der Waals surface area contributed by atoms with Gasteiger partial charge in [-0.2, -0.15) is 0 Å². The summed E-state index contributed by atoms with van der Waals surface area (Å²) in [4.78, 5) is 5.83. The van der Waals surface area contributed by atoms with E-state index in [1.165, 1.54) is 5.56 Å². The van der Waals surface area contributed by atoms with Gasteiger partial charge in [0.15, 0.2) is 5.69 Å². The standard InChI is InChI=1S/C14H18N2O/c1-4-17-14-6-5-12(15-2)9-13(14)11-7-8-16(3)10-11/h5-6,9,11H,4,7-8,10H2,1,3H3/t11-/m1/s1. The highest BCUT2D eigenvalue weighted by Gasteiger charge is 2.24. The summed E-state index contributed by atoms with van der Waals surface area (Å²) in [6.07, 6.45) is 1.15. The predicted octanol–water partition coefficient (Wildman–Crippen LogP) is 3.06. The Bertz CT molecular complexity index is 436. The summed E-state index contributed by atoms with van der Waals surface area (Å²) >= 11 is 0. The van der Waals surface area contributed by atoms with Crippen LogP contribution in [0.15, 0.2) is 18.2 Å². The number of hydrogen-bond donors (Lipinski definition) is 0. The Labute approximate surface area is 103 Å². The number of benzene rings is 1. The fourth-order valence-electron chi connectivity index (χ4n) is 2.40. The second-order valence-corrected chi connectivity index (χ2v) is 4.51. The topological polar surface area (TPSA) is 16.8 Å². The monoisotopic (exact) mass is 230 g/mol. The third kappa shape index (κ3) is 2.59. The average molecular weight is 230 g/mol. The highest BCUT2D eigenvalue weighted by molar-refractivity contribution is 5.53. The zero-order valence-electron chi connectivity index (χ0n) is 10.4. The molecule has 1 atom stereocenters. The Morgan fingerprint density at radius 3 is 2.94 bits per heavy atom. The van der Waals surface area contributed by atoms with Gasteiger partial charge in [0.25, 0.3) is 0 Å². The molecule has 1 aliphatic rings. The van der Waals surface area contributed by atoms with Crippen LogP contribution in [0.4, 0.5) is 5.69 Å². The van der Waals surface area contributed by atoms with Crippen molar-refractivity contribution in [3.63, 3.8) is 0 Å². The van der Waals surface area contributed by atoms with Gasteiger partial charge in [0, 0.05) is 12.5 Å². The Morgan fingerprint density at radius 2 is 2.35 bits per heavy atom. The van der Waals surface area contributed by atoms with Crippen LogP contribution in [0.25, 0.3) is 4.85 Å². The van der Waals surface area contributed by atoms with Gasteiger partial charge in [-0.25, -0.2) is 4.85 Å². The molecule has 0 aromatic heterocycles. The summed E-state index contributed by atoms with van der Waals surface area (Å²) in [6, 6.07) is 5.76. The molecule has 17 heavy (non-hydrogen) atoms. The first-order chi connectivity index (χ1) is 8.24. The smallest absolute Gasteiger partial charge is 0.187 e. The highest BCUT2D eigenvalue weighted by atomic mass is 16.5. The van der Waals surface area contributed by atoms with Gasteiger partial charge < -0.3 is 9.64 Å². The summed E-state index contributed by atoms with van der Waals surface area (Å²) in [5, 5.41) is 0. The molecule has 1 saturated heterocycles. The number of likely N-dealkylation sites (tertiary alicyclic amines) is 1. The Kier molecular flexibility index (Phi) is 3.65. The molecule has 1 fully saturated rings. The van der Waals surface area contributed by atoms with E-state index in [4.69, 9.17) is 11.3 Å². The zero-order valence-corrected chi connectivity index (χ0v) is 10.4. The number of ether oxygens (including phenoxy) is 1. The fourth-order valence-corrected chi connectivity index (χ4v) is 2.40. The Balaban J connectivity index is 2.31. The van der Waals surface area contributed by atoms with Crippen molar-refractivity contribution in [1.29, 1.82) is 0 Å². The molecule has 1 aromatic carbocycles. The van der Waals surface area contributed by atoms with Crippen molar-refractivity contribution in [3.05, 3.63) is 35.2 Å². The predicted molar refractivity (Wildman–Crippen MR) is 68.7 cm³/mol. The van der Waals surface area contributed by atoms with Gasteiger partial charge >= 0.3 is 0 Å². The van der Waals surface area contributed by atoms with E-state index < -0.39 is 0 Å². The minimum atomic E-state index is 0.503. The molecular weight excluding hydrogens is 212 g/mol. The van der Waals surface area contributed by atoms with Gasteiger partial charge in [-0.1, -0.05) is 6.07 Å². The van der Waals surface area contributed by atoms with Crippen LogP contribution in [0.2, 0.25) is 0 Å². The van der Waals surface area contributed by atoms with Crippen molar-refractivity contribution in [3.8, 4) is 5.75 Å². The number of rotatable bonds is 3. The van der Waals surface area contributed by atoms with Crippen LogP contribution in [0.5, 0.6) is 5.75 Å². The van der Waals surface area contributed by atoms with Crippen LogP contribution >= 0.6 is 0 Å². The molecule has 0 bridgehead atoms. The summed E-state index contributed by atoms with van der Waals surface area (Å²) in [6.45, 7) is 11.9. The van der Waals surface area contributed by atoms with Crippen molar-refractivity contribution in [2.45, 2.75) is 19.3 Å². The van der Waals surface area contributed by atoms with E-state index in [0.717, 1.165) is 25.3 Å². The summed E-state index contributed by atoms with van der Waals surface area (Å²) in [7, 11) is 2.14. The second kappa shape index (κ2) is 5.20. The van der Waals surface area contributed by atoms with E-state index >= 15 is 0 Å². The number of hydrogen-bond acceptors (Lipinski definition) is 2. The van der Waals surface area contributed by atoms with Crippen molar-refractivity contribution in [2.24, 2.45) is 0 Å². The lowest BCUT2D eigenvalue weighted by atomic mass is 9.97. The number of likely N-dealkylation sites (N-methyl/N-ethyl adjacent to an activating group) is 1. The zero-order chi connectivity index (χ0) is 12.3. The van der Waals surface area contributed by atoms with Crippen LogP contribution < -0.4 is 4.74 Å². The van der Waals surface area contributed by atoms with Crippen molar-refractivity contribution < 1.29 is 4.74 Å². The van der Waals surface area contributed by atoms with Crippen molar-refractivity contribution in [2.75, 3.05) is 26.7 Å². The largest absolute Gasteiger partial charge is 0.494 e. The molecule has 0 saturated carbocycles. The average Bonchev–Trinajstić information content (AvgIpc) is 2.77. The van der Waals surface area contributed by atoms with Gasteiger partial charge in [-0.15, -0.1) is 0 Å². The molecule has 90 valence electrons. The Hall–Kier alpha value is -1.53. The molecule has 0 N–H and O–H groups in total. The summed E-state index contributed by atoms with van der Waals surface area (Å²) < 4.78 is 5.66. The molecule has 1 aliphatic heterocycles. The van der Waals surface area contributed by atoms with E-state index in [1.54, 1.807) is 0 Å². The first-order valence-corrected chi connectivity index (χ1v) is 6.07. The van der Waals surface area contributed by atoms with Gasteiger partial charge in [0.2, 0.25) is 0 Å². The quantitative estimate of drug-likeness (QED) is 0.742. The van der Waals surface area contributed by atoms with Crippen LogP contribution in [-0.2, 0) is 0 Å². The maximum atomic E-state index is 7.10. The van der Waals surface area contributed by atoms with Crippen molar-refractivity contribution in [1.82, 2.24) is 4.90 Å². The molecule has 0 unspecified atom stereocenters. The van der Waals surface area contributed by atoms with E-state index in [-0.39, 0.29) is 0 Å². The third-order valence-electron chi connectivity index (χ3n) is 3.25. The highest BCUT2D eigenvalue weighted by Crippen LogP contribution is 2.35.